The molecule has 158 valence electrons. The average molecular weight is 411 g/mol. The molecule has 9 heteroatoms. The van der Waals surface area contributed by atoms with Crippen LogP contribution < -0.4 is 10.6 Å². The van der Waals surface area contributed by atoms with E-state index in [2.05, 4.69) is 58.5 Å². The molecule has 1 fully saturated rings. The van der Waals surface area contributed by atoms with E-state index >= 15 is 0 Å². The van der Waals surface area contributed by atoms with Gasteiger partial charge in [-0.15, -0.1) is 10.2 Å². The first kappa shape index (κ1) is 20.2. The number of anilines is 1. The Morgan fingerprint density at radius 1 is 1.13 bits per heavy atom. The van der Waals surface area contributed by atoms with Crippen LogP contribution in [0, 0.1) is 5.95 Å². The molecule has 1 saturated heterocycles. The molecule has 0 radical (unpaired) electrons. The Balaban J connectivity index is 1.50. The van der Waals surface area contributed by atoms with Gasteiger partial charge in [-0.25, -0.2) is 9.97 Å². The molecule has 0 atom stereocenters. The van der Waals surface area contributed by atoms with Gasteiger partial charge in [0.2, 0.25) is 11.9 Å². The lowest BCUT2D eigenvalue weighted by atomic mass is 9.80. The van der Waals surface area contributed by atoms with Crippen LogP contribution in [0.25, 0.3) is 16.9 Å². The van der Waals surface area contributed by atoms with Crippen molar-refractivity contribution in [3.8, 4) is 22.7 Å². The second-order valence-electron chi connectivity index (χ2n) is 9.11. The molecule has 2 aromatic heterocycles. The molecule has 3 aromatic rings. The van der Waals surface area contributed by atoms with E-state index in [4.69, 9.17) is 0 Å². The smallest absolute Gasteiger partial charge is 0.242 e. The van der Waals surface area contributed by atoms with Crippen LogP contribution in [0.5, 0.6) is 5.75 Å². The highest BCUT2D eigenvalue weighted by atomic mass is 19.1. The van der Waals surface area contributed by atoms with Gasteiger partial charge < -0.3 is 20.3 Å². The number of benzene rings is 1. The largest absolute Gasteiger partial charge is 0.507 e. The number of hydrogen-bond donors (Lipinski definition) is 3. The summed E-state index contributed by atoms with van der Waals surface area (Å²) in [6.07, 6.45) is 6.05. The first-order valence-corrected chi connectivity index (χ1v) is 9.89. The van der Waals surface area contributed by atoms with Gasteiger partial charge in [-0.2, -0.15) is 4.39 Å². The maximum Gasteiger partial charge on any atom is 0.242 e. The number of piperidine rings is 1. The monoisotopic (exact) mass is 411 g/mol. The van der Waals surface area contributed by atoms with E-state index in [-0.39, 0.29) is 22.9 Å². The van der Waals surface area contributed by atoms with Gasteiger partial charge in [0.05, 0.1) is 18.1 Å². The lowest BCUT2D eigenvalue weighted by Gasteiger charge is -2.46. The van der Waals surface area contributed by atoms with Crippen LogP contribution in [0.2, 0.25) is 0 Å². The molecule has 0 saturated carbocycles. The third kappa shape index (κ3) is 4.40. The number of phenolic OH excluding ortho intramolecular Hbond substituents is 1. The highest BCUT2D eigenvalue weighted by Crippen LogP contribution is 2.31. The van der Waals surface area contributed by atoms with Gasteiger partial charge in [-0.05, 0) is 52.7 Å². The number of nitrogens with zero attached hydrogens (tertiary/aromatic N) is 5. The molecule has 0 unspecified atom stereocenters. The van der Waals surface area contributed by atoms with Crippen molar-refractivity contribution in [2.75, 3.05) is 5.32 Å². The Labute approximate surface area is 174 Å². The third-order valence-electron chi connectivity index (χ3n) is 5.19. The highest BCUT2D eigenvalue weighted by Gasteiger charge is 2.37. The van der Waals surface area contributed by atoms with E-state index in [9.17, 15) is 9.50 Å². The van der Waals surface area contributed by atoms with Crippen molar-refractivity contribution in [2.45, 2.75) is 57.7 Å². The average Bonchev–Trinajstić information content (AvgIpc) is 3.06. The molecule has 1 aliphatic rings. The molecule has 4 rings (SSSR count). The summed E-state index contributed by atoms with van der Waals surface area (Å²) in [7, 11) is 0. The van der Waals surface area contributed by atoms with Gasteiger partial charge in [0.15, 0.2) is 0 Å². The molecule has 8 nitrogen and oxygen atoms in total. The van der Waals surface area contributed by atoms with Crippen molar-refractivity contribution in [1.29, 1.82) is 0 Å². The van der Waals surface area contributed by atoms with Crippen molar-refractivity contribution >= 4 is 5.95 Å². The minimum atomic E-state index is -0.586. The van der Waals surface area contributed by atoms with Crippen LogP contribution in [0.15, 0.2) is 36.9 Å². The van der Waals surface area contributed by atoms with Gasteiger partial charge in [0.1, 0.15) is 17.8 Å². The van der Waals surface area contributed by atoms with Gasteiger partial charge in [-0.1, -0.05) is 0 Å². The summed E-state index contributed by atoms with van der Waals surface area (Å²) in [4.78, 5) is 7.94. The minimum Gasteiger partial charge on any atom is -0.507 e. The summed E-state index contributed by atoms with van der Waals surface area (Å²) in [5.41, 5.74) is 1.56. The highest BCUT2D eigenvalue weighted by molar-refractivity contribution is 5.68. The standard InChI is InChI=1S/C21H26FN7O/c1-20(2)8-13(9-21(3,4)28-20)25-19-23-10-16(26-27-19)15-6-5-14(7-17(15)30)29-11-18(22)24-12-29/h5-7,10-13,28,30H,8-9H2,1-4H3,(H,23,25,27). The summed E-state index contributed by atoms with van der Waals surface area (Å²) in [6, 6.07) is 5.18. The number of aromatic nitrogens is 5. The number of aromatic hydroxyl groups is 1. The zero-order chi connectivity index (χ0) is 21.5. The van der Waals surface area contributed by atoms with E-state index in [1.54, 1.807) is 18.3 Å². The lowest BCUT2D eigenvalue weighted by molar-refractivity contribution is 0.170. The van der Waals surface area contributed by atoms with Gasteiger partial charge in [-0.3, -0.25) is 0 Å². The second kappa shape index (κ2) is 7.32. The lowest BCUT2D eigenvalue weighted by Crippen LogP contribution is -2.60. The molecule has 0 amide bonds. The molecule has 30 heavy (non-hydrogen) atoms. The third-order valence-corrected chi connectivity index (χ3v) is 5.19. The Morgan fingerprint density at radius 2 is 1.87 bits per heavy atom. The Hall–Kier alpha value is -3.07. The van der Waals surface area contributed by atoms with Crippen LogP contribution in [0.1, 0.15) is 40.5 Å². The molecular weight excluding hydrogens is 385 g/mol. The van der Waals surface area contributed by atoms with Gasteiger partial charge >= 0.3 is 0 Å². The number of imidazole rings is 1. The normalized spacial score (nSPS) is 18.3. The van der Waals surface area contributed by atoms with E-state index in [0.717, 1.165) is 12.8 Å². The van der Waals surface area contributed by atoms with Crippen molar-refractivity contribution in [3.63, 3.8) is 0 Å². The summed E-state index contributed by atoms with van der Waals surface area (Å²) in [5, 5.41) is 25.9. The van der Waals surface area contributed by atoms with Crippen LogP contribution in [0.3, 0.4) is 0 Å². The summed E-state index contributed by atoms with van der Waals surface area (Å²) >= 11 is 0. The summed E-state index contributed by atoms with van der Waals surface area (Å²) < 4.78 is 14.6. The van der Waals surface area contributed by atoms with Crippen LogP contribution in [0.4, 0.5) is 10.3 Å². The fraction of sp³-hybridized carbons (Fsp3) is 0.429. The molecule has 1 aliphatic heterocycles. The van der Waals surface area contributed by atoms with Crippen molar-refractivity contribution < 1.29 is 9.50 Å². The van der Waals surface area contributed by atoms with Gasteiger partial charge in [0.25, 0.3) is 0 Å². The van der Waals surface area contributed by atoms with E-state index in [0.29, 0.717) is 22.9 Å². The van der Waals surface area contributed by atoms with Crippen LogP contribution in [-0.4, -0.2) is 47.0 Å². The Morgan fingerprint density at radius 3 is 2.43 bits per heavy atom. The molecule has 3 N–H and O–H groups in total. The predicted molar refractivity (Wildman–Crippen MR) is 112 cm³/mol. The number of hydrogen-bond acceptors (Lipinski definition) is 7. The first-order valence-electron chi connectivity index (χ1n) is 9.89. The topological polar surface area (TPSA) is 101 Å². The van der Waals surface area contributed by atoms with Crippen LogP contribution in [-0.2, 0) is 0 Å². The van der Waals surface area contributed by atoms with E-state index in [1.165, 1.54) is 23.2 Å². The zero-order valence-corrected chi connectivity index (χ0v) is 17.5. The van der Waals surface area contributed by atoms with E-state index < -0.39 is 5.95 Å². The Kier molecular flexibility index (Phi) is 4.93. The van der Waals surface area contributed by atoms with Crippen molar-refractivity contribution in [2.24, 2.45) is 0 Å². The maximum atomic E-state index is 13.1. The van der Waals surface area contributed by atoms with E-state index in [1.807, 2.05) is 0 Å². The second-order valence-corrected chi connectivity index (χ2v) is 9.11. The quantitative estimate of drug-likeness (QED) is 0.606. The predicted octanol–water partition coefficient (Wildman–Crippen LogP) is 3.29. The SMILES string of the molecule is CC1(C)CC(Nc2ncc(-c3ccc(-n4cnc(F)c4)cc3O)nn2)CC(C)(C)N1. The molecule has 0 bridgehead atoms. The zero-order valence-electron chi connectivity index (χ0n) is 17.5. The number of phenols is 1. The molecule has 0 aliphatic carbocycles. The number of rotatable bonds is 4. The van der Waals surface area contributed by atoms with Crippen molar-refractivity contribution in [1.82, 2.24) is 30.0 Å². The minimum absolute atomic E-state index is 0.000251. The first-order chi connectivity index (χ1) is 14.1. The fourth-order valence-electron chi connectivity index (χ4n) is 4.41. The molecule has 0 spiro atoms. The fourth-order valence-corrected chi connectivity index (χ4v) is 4.41. The van der Waals surface area contributed by atoms with Crippen LogP contribution >= 0.6 is 0 Å². The summed E-state index contributed by atoms with van der Waals surface area (Å²) in [5.74, 6) is -0.125. The van der Waals surface area contributed by atoms with Crippen molar-refractivity contribution in [3.05, 3.63) is 42.9 Å². The van der Waals surface area contributed by atoms with Gasteiger partial charge in [0, 0.05) is 28.7 Å². The molecule has 3 heterocycles. The summed E-state index contributed by atoms with van der Waals surface area (Å²) in [6.45, 7) is 8.76. The molecular formula is C21H26FN7O. The number of halogens is 1. The number of nitrogens with one attached hydrogen (secondary N) is 2. The maximum absolute atomic E-state index is 13.1. The molecule has 1 aromatic carbocycles. The Bertz CT molecular complexity index is 1030.